The fraction of sp³-hybridized carbons (Fsp3) is 0.333. The molecule has 24 heavy (non-hydrogen) atoms. The average Bonchev–Trinajstić information content (AvgIpc) is 2.54. The molecule has 0 saturated carbocycles. The molecule has 0 atom stereocenters. The highest BCUT2D eigenvalue weighted by atomic mass is 16.5. The number of carbonyl (C=O) groups excluding carboxylic acids is 1. The first-order valence-corrected chi connectivity index (χ1v) is 8.24. The smallest absolute Gasteiger partial charge is 0.168 e. The minimum Gasteiger partial charge on any atom is -0.497 e. The van der Waals surface area contributed by atoms with E-state index in [-0.39, 0.29) is 11.3 Å². The molecule has 0 fully saturated rings. The third-order valence-electron chi connectivity index (χ3n) is 4.39. The van der Waals surface area contributed by atoms with Crippen molar-refractivity contribution in [2.24, 2.45) is 4.99 Å². The van der Waals surface area contributed by atoms with E-state index in [1.807, 2.05) is 43.3 Å². The van der Waals surface area contributed by atoms with E-state index in [9.17, 15) is 4.79 Å². The van der Waals surface area contributed by atoms with Crippen molar-refractivity contribution in [1.29, 1.82) is 0 Å². The number of hydrogen-bond acceptors (Lipinski definition) is 3. The summed E-state index contributed by atoms with van der Waals surface area (Å²) in [7, 11) is 1.66. The van der Waals surface area contributed by atoms with Crippen LogP contribution in [0.15, 0.2) is 47.5 Å². The number of fused-ring (bicyclic) bond motifs is 1. The van der Waals surface area contributed by atoms with Crippen molar-refractivity contribution < 1.29 is 9.53 Å². The van der Waals surface area contributed by atoms with Crippen LogP contribution in [0.5, 0.6) is 5.75 Å². The second-order valence-electron chi connectivity index (χ2n) is 7.04. The summed E-state index contributed by atoms with van der Waals surface area (Å²) in [6.45, 7) is 6.23. The fourth-order valence-electron chi connectivity index (χ4n) is 3.16. The number of aliphatic imine (C=N–C) groups is 1. The highest BCUT2D eigenvalue weighted by Crippen LogP contribution is 2.30. The Morgan fingerprint density at radius 1 is 1.17 bits per heavy atom. The van der Waals surface area contributed by atoms with Crippen LogP contribution in [0.25, 0.3) is 0 Å². The Morgan fingerprint density at radius 2 is 1.88 bits per heavy atom. The lowest BCUT2D eigenvalue weighted by Gasteiger charge is -2.29. The quantitative estimate of drug-likeness (QED) is 0.783. The predicted molar refractivity (Wildman–Crippen MR) is 97.4 cm³/mol. The van der Waals surface area contributed by atoms with E-state index in [1.165, 1.54) is 5.56 Å². The zero-order chi connectivity index (χ0) is 17.3. The lowest BCUT2D eigenvalue weighted by atomic mass is 9.85. The van der Waals surface area contributed by atoms with Gasteiger partial charge in [0.1, 0.15) is 5.75 Å². The largest absolute Gasteiger partial charge is 0.497 e. The normalized spacial score (nSPS) is 15.4. The van der Waals surface area contributed by atoms with Gasteiger partial charge in [0.05, 0.1) is 24.8 Å². The van der Waals surface area contributed by atoms with Crippen LogP contribution in [0.1, 0.15) is 47.3 Å². The molecular formula is C21H23NO2. The summed E-state index contributed by atoms with van der Waals surface area (Å²) >= 11 is 0. The van der Waals surface area contributed by atoms with E-state index in [1.54, 1.807) is 7.11 Å². The molecule has 0 amide bonds. The summed E-state index contributed by atoms with van der Waals surface area (Å²) in [5.41, 5.74) is 4.81. The maximum absolute atomic E-state index is 12.7. The van der Waals surface area contributed by atoms with E-state index >= 15 is 0 Å². The number of aryl methyl sites for hydroxylation is 1. The second-order valence-corrected chi connectivity index (χ2v) is 7.04. The van der Waals surface area contributed by atoms with Gasteiger partial charge in [-0.15, -0.1) is 0 Å². The summed E-state index contributed by atoms with van der Waals surface area (Å²) in [4.78, 5) is 17.5. The van der Waals surface area contributed by atoms with Crippen molar-refractivity contribution in [1.82, 2.24) is 0 Å². The SMILES string of the molecule is COc1ccc2c(c1)C(CC(=O)c1ccc(C)cc1)=NC(C)(C)C2. The molecule has 0 aromatic heterocycles. The number of methoxy groups -OCH3 is 1. The zero-order valence-corrected chi connectivity index (χ0v) is 14.7. The van der Waals surface area contributed by atoms with Gasteiger partial charge in [-0.3, -0.25) is 9.79 Å². The third-order valence-corrected chi connectivity index (χ3v) is 4.39. The Bertz CT molecular complexity index is 801. The first kappa shape index (κ1) is 16.4. The molecule has 3 nitrogen and oxygen atoms in total. The zero-order valence-electron chi connectivity index (χ0n) is 14.7. The van der Waals surface area contributed by atoms with Crippen LogP contribution in [-0.4, -0.2) is 24.1 Å². The van der Waals surface area contributed by atoms with Crippen LogP contribution in [-0.2, 0) is 6.42 Å². The summed E-state index contributed by atoms with van der Waals surface area (Å²) in [5, 5.41) is 0. The van der Waals surface area contributed by atoms with Gasteiger partial charge in [-0.2, -0.15) is 0 Å². The van der Waals surface area contributed by atoms with Crippen LogP contribution in [0, 0.1) is 6.92 Å². The Hall–Kier alpha value is -2.42. The topological polar surface area (TPSA) is 38.7 Å². The van der Waals surface area contributed by atoms with E-state index in [4.69, 9.17) is 9.73 Å². The molecule has 1 aliphatic heterocycles. The predicted octanol–water partition coefficient (Wildman–Crippen LogP) is 4.40. The first-order valence-electron chi connectivity index (χ1n) is 8.24. The summed E-state index contributed by atoms with van der Waals surface area (Å²) in [5.74, 6) is 0.893. The fourth-order valence-corrected chi connectivity index (χ4v) is 3.16. The van der Waals surface area contributed by atoms with Gasteiger partial charge < -0.3 is 4.74 Å². The van der Waals surface area contributed by atoms with Gasteiger partial charge in [0, 0.05) is 11.1 Å². The number of rotatable bonds is 4. The summed E-state index contributed by atoms with van der Waals surface area (Å²) in [6, 6.07) is 13.8. The van der Waals surface area contributed by atoms with E-state index in [0.717, 1.165) is 34.6 Å². The minimum atomic E-state index is -0.190. The van der Waals surface area contributed by atoms with Crippen LogP contribution in [0.4, 0.5) is 0 Å². The molecule has 3 rings (SSSR count). The van der Waals surface area contributed by atoms with Crippen molar-refractivity contribution in [3.05, 3.63) is 64.7 Å². The summed E-state index contributed by atoms with van der Waals surface area (Å²) < 4.78 is 5.34. The Balaban J connectivity index is 1.95. The van der Waals surface area contributed by atoms with Gasteiger partial charge in [-0.1, -0.05) is 35.9 Å². The maximum Gasteiger partial charge on any atom is 0.168 e. The van der Waals surface area contributed by atoms with Gasteiger partial charge in [0.25, 0.3) is 0 Å². The van der Waals surface area contributed by atoms with Gasteiger partial charge in [0.15, 0.2) is 5.78 Å². The van der Waals surface area contributed by atoms with Crippen molar-refractivity contribution in [2.75, 3.05) is 7.11 Å². The number of benzene rings is 2. The highest BCUT2D eigenvalue weighted by molar-refractivity contribution is 6.17. The van der Waals surface area contributed by atoms with E-state index in [2.05, 4.69) is 19.9 Å². The molecule has 0 spiro atoms. The Kier molecular flexibility index (Phi) is 4.27. The number of nitrogens with zero attached hydrogens (tertiary/aromatic N) is 1. The van der Waals surface area contributed by atoms with Crippen molar-refractivity contribution in [2.45, 2.75) is 39.2 Å². The third kappa shape index (κ3) is 3.40. The van der Waals surface area contributed by atoms with Crippen molar-refractivity contribution in [3.8, 4) is 5.75 Å². The van der Waals surface area contributed by atoms with Crippen molar-refractivity contribution in [3.63, 3.8) is 0 Å². The van der Waals surface area contributed by atoms with Gasteiger partial charge in [-0.25, -0.2) is 0 Å². The molecule has 0 unspecified atom stereocenters. The molecule has 1 aliphatic rings. The molecule has 2 aromatic rings. The summed E-state index contributed by atoms with van der Waals surface area (Å²) in [6.07, 6.45) is 1.18. The van der Waals surface area contributed by atoms with Gasteiger partial charge in [-0.05, 0) is 44.9 Å². The number of hydrogen-bond donors (Lipinski definition) is 0. The molecule has 124 valence electrons. The molecule has 0 saturated heterocycles. The monoisotopic (exact) mass is 321 g/mol. The number of carbonyl (C=O) groups is 1. The number of ketones is 1. The molecule has 0 radical (unpaired) electrons. The molecule has 1 heterocycles. The van der Waals surface area contributed by atoms with Gasteiger partial charge >= 0.3 is 0 Å². The number of ether oxygens (including phenoxy) is 1. The Labute approximate surface area is 143 Å². The molecule has 0 bridgehead atoms. The average molecular weight is 321 g/mol. The molecule has 0 N–H and O–H groups in total. The molecule has 2 aromatic carbocycles. The molecule has 3 heteroatoms. The van der Waals surface area contributed by atoms with Crippen LogP contribution < -0.4 is 4.74 Å². The van der Waals surface area contributed by atoms with E-state index < -0.39 is 0 Å². The van der Waals surface area contributed by atoms with Gasteiger partial charge in [0.2, 0.25) is 0 Å². The number of Topliss-reactive ketones (excluding diaryl/α,β-unsaturated/α-hetero) is 1. The maximum atomic E-state index is 12.7. The molecular weight excluding hydrogens is 298 g/mol. The second kappa shape index (κ2) is 6.23. The van der Waals surface area contributed by atoms with Crippen LogP contribution in [0.3, 0.4) is 0 Å². The first-order chi connectivity index (χ1) is 11.4. The minimum absolute atomic E-state index is 0.0974. The lowest BCUT2D eigenvalue weighted by molar-refractivity contribution is 0.100. The van der Waals surface area contributed by atoms with Crippen molar-refractivity contribution >= 4 is 11.5 Å². The Morgan fingerprint density at radius 3 is 2.54 bits per heavy atom. The standard InChI is InChI=1S/C21H23NO2/c1-14-5-7-15(8-6-14)20(23)12-19-18-11-17(24-4)10-9-16(18)13-21(2,3)22-19/h5-11H,12-13H2,1-4H3. The highest BCUT2D eigenvalue weighted by Gasteiger charge is 2.28. The van der Waals surface area contributed by atoms with E-state index in [0.29, 0.717) is 6.42 Å². The lowest BCUT2D eigenvalue weighted by Crippen LogP contribution is -2.30. The van der Waals surface area contributed by atoms with Crippen LogP contribution in [0.2, 0.25) is 0 Å². The van der Waals surface area contributed by atoms with Crippen LogP contribution >= 0.6 is 0 Å². The molecule has 0 aliphatic carbocycles.